The largest absolute Gasteiger partial charge is 0.341 e. The van der Waals surface area contributed by atoms with Gasteiger partial charge in [0.05, 0.1) is 0 Å². The van der Waals surface area contributed by atoms with E-state index in [-0.39, 0.29) is 0 Å². The first-order valence-corrected chi connectivity index (χ1v) is 5.78. The molecule has 0 saturated heterocycles. The minimum Gasteiger partial charge on any atom is -0.341 e. The quantitative estimate of drug-likeness (QED) is 0.725. The number of hydrogen-bond acceptors (Lipinski definition) is 2. The molecule has 0 atom stereocenters. The molecule has 1 rings (SSSR count). The van der Waals surface area contributed by atoms with Gasteiger partial charge in [0.1, 0.15) is 0 Å². The summed E-state index contributed by atoms with van der Waals surface area (Å²) in [4.78, 5) is 13.9. The molecular formula is C11H22N2O. The van der Waals surface area contributed by atoms with E-state index in [0.717, 1.165) is 32.4 Å². The van der Waals surface area contributed by atoms with Crippen molar-refractivity contribution in [3.05, 3.63) is 0 Å². The van der Waals surface area contributed by atoms with Crippen molar-refractivity contribution >= 4 is 5.91 Å². The van der Waals surface area contributed by atoms with Crippen LogP contribution in [0.4, 0.5) is 0 Å². The van der Waals surface area contributed by atoms with Gasteiger partial charge in [-0.25, -0.2) is 0 Å². The maximum absolute atomic E-state index is 12.0. The predicted octanol–water partition coefficient (Wildman–Crippen LogP) is 1.37. The molecular weight excluding hydrogens is 176 g/mol. The van der Waals surface area contributed by atoms with Gasteiger partial charge in [-0.3, -0.25) is 4.79 Å². The van der Waals surface area contributed by atoms with Gasteiger partial charge in [0, 0.05) is 25.6 Å². The number of rotatable bonds is 5. The van der Waals surface area contributed by atoms with E-state index in [1.165, 1.54) is 12.8 Å². The molecule has 0 aromatic heterocycles. The SMILES string of the molecule is CCCN(CCN)C(=O)C1CCCC1. The number of hydrogen-bond donors (Lipinski definition) is 1. The molecule has 0 aromatic rings. The van der Waals surface area contributed by atoms with Crippen LogP contribution in [0.15, 0.2) is 0 Å². The van der Waals surface area contributed by atoms with Crippen LogP contribution >= 0.6 is 0 Å². The lowest BCUT2D eigenvalue weighted by atomic mass is 10.1. The summed E-state index contributed by atoms with van der Waals surface area (Å²) in [6.07, 6.45) is 5.64. The summed E-state index contributed by atoms with van der Waals surface area (Å²) in [7, 11) is 0. The lowest BCUT2D eigenvalue weighted by molar-refractivity contribution is -0.135. The predicted molar refractivity (Wildman–Crippen MR) is 57.9 cm³/mol. The van der Waals surface area contributed by atoms with Gasteiger partial charge in [0.2, 0.25) is 5.91 Å². The molecule has 14 heavy (non-hydrogen) atoms. The number of nitrogens with two attached hydrogens (primary N) is 1. The van der Waals surface area contributed by atoms with Crippen LogP contribution in [0, 0.1) is 5.92 Å². The van der Waals surface area contributed by atoms with E-state index in [1.807, 2.05) is 4.90 Å². The van der Waals surface area contributed by atoms with E-state index >= 15 is 0 Å². The van der Waals surface area contributed by atoms with Crippen molar-refractivity contribution in [2.24, 2.45) is 11.7 Å². The Bertz CT molecular complexity index is 170. The molecule has 1 fully saturated rings. The first-order chi connectivity index (χ1) is 6.79. The second-order valence-corrected chi connectivity index (χ2v) is 4.10. The lowest BCUT2D eigenvalue weighted by Crippen LogP contribution is -2.39. The third kappa shape index (κ3) is 2.98. The zero-order valence-electron chi connectivity index (χ0n) is 9.17. The van der Waals surface area contributed by atoms with Crippen LogP contribution in [0.1, 0.15) is 39.0 Å². The second kappa shape index (κ2) is 6.02. The first kappa shape index (κ1) is 11.5. The summed E-state index contributed by atoms with van der Waals surface area (Å²) in [5.74, 6) is 0.642. The van der Waals surface area contributed by atoms with Crippen LogP contribution < -0.4 is 5.73 Å². The van der Waals surface area contributed by atoms with Crippen LogP contribution in [0.25, 0.3) is 0 Å². The highest BCUT2D eigenvalue weighted by atomic mass is 16.2. The number of carbonyl (C=O) groups is 1. The number of nitrogens with zero attached hydrogens (tertiary/aromatic N) is 1. The highest BCUT2D eigenvalue weighted by Crippen LogP contribution is 2.26. The van der Waals surface area contributed by atoms with Crippen molar-refractivity contribution in [1.82, 2.24) is 4.90 Å². The van der Waals surface area contributed by atoms with Crippen LogP contribution in [0.3, 0.4) is 0 Å². The van der Waals surface area contributed by atoms with Gasteiger partial charge in [0.15, 0.2) is 0 Å². The highest BCUT2D eigenvalue weighted by molar-refractivity contribution is 5.79. The van der Waals surface area contributed by atoms with Gasteiger partial charge in [-0.2, -0.15) is 0 Å². The van der Waals surface area contributed by atoms with Crippen molar-refractivity contribution in [2.45, 2.75) is 39.0 Å². The summed E-state index contributed by atoms with van der Waals surface area (Å²) in [6, 6.07) is 0. The van der Waals surface area contributed by atoms with Gasteiger partial charge in [-0.15, -0.1) is 0 Å². The molecule has 0 bridgehead atoms. The van der Waals surface area contributed by atoms with Crippen LogP contribution in [-0.2, 0) is 4.79 Å². The summed E-state index contributed by atoms with van der Waals surface area (Å²) < 4.78 is 0. The van der Waals surface area contributed by atoms with Crippen molar-refractivity contribution in [2.75, 3.05) is 19.6 Å². The van der Waals surface area contributed by atoms with Gasteiger partial charge >= 0.3 is 0 Å². The zero-order chi connectivity index (χ0) is 10.4. The summed E-state index contributed by atoms with van der Waals surface area (Å²) >= 11 is 0. The maximum Gasteiger partial charge on any atom is 0.225 e. The molecule has 3 nitrogen and oxygen atoms in total. The third-order valence-corrected chi connectivity index (χ3v) is 2.91. The molecule has 1 amide bonds. The molecule has 82 valence electrons. The van der Waals surface area contributed by atoms with E-state index in [1.54, 1.807) is 0 Å². The van der Waals surface area contributed by atoms with Gasteiger partial charge < -0.3 is 10.6 Å². The minimum absolute atomic E-state index is 0.299. The zero-order valence-corrected chi connectivity index (χ0v) is 9.17. The van der Waals surface area contributed by atoms with Gasteiger partial charge in [-0.1, -0.05) is 19.8 Å². The smallest absolute Gasteiger partial charge is 0.225 e. The molecule has 1 saturated carbocycles. The van der Waals surface area contributed by atoms with Gasteiger partial charge in [-0.05, 0) is 19.3 Å². The van der Waals surface area contributed by atoms with E-state index in [2.05, 4.69) is 6.92 Å². The van der Waals surface area contributed by atoms with Crippen molar-refractivity contribution in [1.29, 1.82) is 0 Å². The minimum atomic E-state index is 0.299. The Balaban J connectivity index is 2.43. The Morgan fingerprint density at radius 3 is 2.50 bits per heavy atom. The Morgan fingerprint density at radius 2 is 2.00 bits per heavy atom. The van der Waals surface area contributed by atoms with Crippen LogP contribution in [0.5, 0.6) is 0 Å². The van der Waals surface area contributed by atoms with E-state index < -0.39 is 0 Å². The molecule has 0 radical (unpaired) electrons. The fourth-order valence-corrected chi connectivity index (χ4v) is 2.19. The van der Waals surface area contributed by atoms with Crippen LogP contribution in [-0.4, -0.2) is 30.4 Å². The van der Waals surface area contributed by atoms with E-state index in [9.17, 15) is 4.79 Å². The summed E-state index contributed by atoms with van der Waals surface area (Å²) in [6.45, 7) is 4.28. The number of amides is 1. The summed E-state index contributed by atoms with van der Waals surface area (Å²) in [5, 5.41) is 0. The maximum atomic E-state index is 12.0. The van der Waals surface area contributed by atoms with E-state index in [4.69, 9.17) is 5.73 Å². The average molecular weight is 198 g/mol. The average Bonchev–Trinajstić information content (AvgIpc) is 2.69. The Morgan fingerprint density at radius 1 is 1.36 bits per heavy atom. The molecule has 1 aliphatic carbocycles. The fourth-order valence-electron chi connectivity index (χ4n) is 2.19. The lowest BCUT2D eigenvalue weighted by Gasteiger charge is -2.24. The molecule has 2 N–H and O–H groups in total. The first-order valence-electron chi connectivity index (χ1n) is 5.78. The monoisotopic (exact) mass is 198 g/mol. The Kier molecular flexibility index (Phi) is 4.94. The molecule has 0 spiro atoms. The van der Waals surface area contributed by atoms with E-state index in [0.29, 0.717) is 18.4 Å². The van der Waals surface area contributed by atoms with Crippen molar-refractivity contribution in [3.8, 4) is 0 Å². The topological polar surface area (TPSA) is 46.3 Å². The standard InChI is InChI=1S/C11H22N2O/c1-2-8-13(9-7-12)11(14)10-5-3-4-6-10/h10H,2-9,12H2,1H3. The molecule has 0 heterocycles. The molecule has 3 heteroatoms. The molecule has 0 aliphatic heterocycles. The Labute approximate surface area is 86.6 Å². The molecule has 0 unspecified atom stereocenters. The Hall–Kier alpha value is -0.570. The fraction of sp³-hybridized carbons (Fsp3) is 0.909. The highest BCUT2D eigenvalue weighted by Gasteiger charge is 2.26. The van der Waals surface area contributed by atoms with Gasteiger partial charge in [0.25, 0.3) is 0 Å². The van der Waals surface area contributed by atoms with Crippen molar-refractivity contribution in [3.63, 3.8) is 0 Å². The molecule has 1 aliphatic rings. The third-order valence-electron chi connectivity index (χ3n) is 2.91. The normalized spacial score (nSPS) is 17.3. The van der Waals surface area contributed by atoms with Crippen molar-refractivity contribution < 1.29 is 4.79 Å². The molecule has 0 aromatic carbocycles. The summed E-state index contributed by atoms with van der Waals surface area (Å²) in [5.41, 5.74) is 5.50. The second-order valence-electron chi connectivity index (χ2n) is 4.10. The number of carbonyl (C=O) groups excluding carboxylic acids is 1. The van der Waals surface area contributed by atoms with Crippen LogP contribution in [0.2, 0.25) is 0 Å².